The van der Waals surface area contributed by atoms with Crippen LogP contribution in [0.2, 0.25) is 0 Å². The molecule has 0 aromatic heterocycles. The van der Waals surface area contributed by atoms with E-state index >= 15 is 0 Å². The van der Waals surface area contributed by atoms with Crippen LogP contribution >= 0.6 is 0 Å². The van der Waals surface area contributed by atoms with E-state index in [9.17, 15) is 4.79 Å². The van der Waals surface area contributed by atoms with Gasteiger partial charge in [0.2, 0.25) is 5.91 Å². The molecule has 1 aromatic rings. The first-order chi connectivity index (χ1) is 10.5. The minimum Gasteiger partial charge on any atom is -0.340 e. The number of benzene rings is 1. The summed E-state index contributed by atoms with van der Waals surface area (Å²) in [5.41, 5.74) is 2.46. The van der Waals surface area contributed by atoms with Gasteiger partial charge in [-0.15, -0.1) is 0 Å². The summed E-state index contributed by atoms with van der Waals surface area (Å²) in [6, 6.07) is 8.64. The van der Waals surface area contributed by atoms with E-state index in [0.717, 1.165) is 0 Å². The van der Waals surface area contributed by atoms with Crippen molar-refractivity contribution in [3.63, 3.8) is 0 Å². The normalized spacial score (nSPS) is 23.1. The van der Waals surface area contributed by atoms with E-state index in [-0.39, 0.29) is 11.9 Å². The first-order valence-electron chi connectivity index (χ1n) is 8.54. The second kappa shape index (κ2) is 7.77. The largest absolute Gasteiger partial charge is 0.340 e. The van der Waals surface area contributed by atoms with Crippen molar-refractivity contribution in [2.75, 3.05) is 7.05 Å². The number of amides is 1. The zero-order valence-electron chi connectivity index (χ0n) is 14.4. The first kappa shape index (κ1) is 17.0. The number of rotatable bonds is 5. The Bertz CT molecular complexity index is 500. The number of hydrogen-bond acceptors (Lipinski definition) is 2. The summed E-state index contributed by atoms with van der Waals surface area (Å²) in [7, 11) is 1.90. The third-order valence-corrected chi connectivity index (χ3v) is 4.99. The Labute approximate surface area is 135 Å². The van der Waals surface area contributed by atoms with Crippen molar-refractivity contribution in [2.45, 2.75) is 65.1 Å². The van der Waals surface area contributed by atoms with Gasteiger partial charge >= 0.3 is 0 Å². The van der Waals surface area contributed by atoms with E-state index < -0.39 is 0 Å². The minimum absolute atomic E-state index is 0.112. The van der Waals surface area contributed by atoms with Crippen LogP contribution in [0.15, 0.2) is 24.3 Å². The van der Waals surface area contributed by atoms with Gasteiger partial charge in [-0.25, -0.2) is 0 Å². The lowest BCUT2D eigenvalue weighted by atomic mass is 9.85. The molecule has 1 fully saturated rings. The Morgan fingerprint density at radius 2 is 2.00 bits per heavy atom. The summed E-state index contributed by atoms with van der Waals surface area (Å²) in [4.78, 5) is 14.4. The molecule has 0 spiro atoms. The maximum atomic E-state index is 12.6. The molecule has 3 nitrogen and oxygen atoms in total. The van der Waals surface area contributed by atoms with Gasteiger partial charge in [-0.3, -0.25) is 4.79 Å². The third kappa shape index (κ3) is 4.33. The Balaban J connectivity index is 1.90. The maximum absolute atomic E-state index is 12.6. The highest BCUT2D eigenvalue weighted by Gasteiger charge is 2.26. The van der Waals surface area contributed by atoms with E-state index in [4.69, 9.17) is 0 Å². The van der Waals surface area contributed by atoms with Crippen molar-refractivity contribution in [1.82, 2.24) is 10.2 Å². The highest BCUT2D eigenvalue weighted by Crippen LogP contribution is 2.24. The molecule has 0 saturated heterocycles. The summed E-state index contributed by atoms with van der Waals surface area (Å²) in [5.74, 6) is 0.853. The van der Waals surface area contributed by atoms with Gasteiger partial charge in [-0.1, -0.05) is 44.0 Å². The number of carbonyl (C=O) groups excluding carboxylic acids is 1. The molecule has 3 unspecified atom stereocenters. The van der Waals surface area contributed by atoms with Crippen LogP contribution < -0.4 is 5.32 Å². The Morgan fingerprint density at radius 3 is 2.68 bits per heavy atom. The molecule has 1 aromatic carbocycles. The van der Waals surface area contributed by atoms with Gasteiger partial charge in [-0.2, -0.15) is 0 Å². The molecule has 0 aliphatic heterocycles. The lowest BCUT2D eigenvalue weighted by Gasteiger charge is -2.33. The van der Waals surface area contributed by atoms with Crippen LogP contribution in [0.4, 0.5) is 0 Å². The highest BCUT2D eigenvalue weighted by molar-refractivity contribution is 5.81. The van der Waals surface area contributed by atoms with Gasteiger partial charge in [0.1, 0.15) is 0 Å². The second-order valence-electron chi connectivity index (χ2n) is 6.88. The summed E-state index contributed by atoms with van der Waals surface area (Å²) >= 11 is 0. The van der Waals surface area contributed by atoms with E-state index in [1.165, 1.54) is 36.8 Å². The number of aryl methyl sites for hydroxylation is 1. The predicted octanol–water partition coefficient (Wildman–Crippen LogP) is 3.51. The molecule has 1 N–H and O–H groups in total. The highest BCUT2D eigenvalue weighted by atomic mass is 16.2. The first-order valence-corrected chi connectivity index (χ1v) is 8.54. The van der Waals surface area contributed by atoms with E-state index in [1.807, 2.05) is 31.0 Å². The topological polar surface area (TPSA) is 32.3 Å². The van der Waals surface area contributed by atoms with Gasteiger partial charge in [0.15, 0.2) is 0 Å². The Kier molecular flexibility index (Phi) is 6.01. The molecular weight excluding hydrogens is 272 g/mol. The molecule has 1 saturated carbocycles. The van der Waals surface area contributed by atoms with Crippen molar-refractivity contribution < 1.29 is 4.79 Å². The molecule has 0 radical (unpaired) electrons. The van der Waals surface area contributed by atoms with Gasteiger partial charge in [-0.05, 0) is 43.7 Å². The zero-order valence-corrected chi connectivity index (χ0v) is 14.4. The molecule has 22 heavy (non-hydrogen) atoms. The lowest BCUT2D eigenvalue weighted by Crippen LogP contribution is -2.49. The lowest BCUT2D eigenvalue weighted by molar-refractivity contribution is -0.132. The Morgan fingerprint density at radius 1 is 1.32 bits per heavy atom. The van der Waals surface area contributed by atoms with Crippen LogP contribution in [0, 0.1) is 12.8 Å². The van der Waals surface area contributed by atoms with Crippen LogP contribution in [0.3, 0.4) is 0 Å². The minimum atomic E-state index is -0.112. The molecule has 2 rings (SSSR count). The van der Waals surface area contributed by atoms with Crippen LogP contribution in [0.1, 0.15) is 50.7 Å². The van der Waals surface area contributed by atoms with Crippen LogP contribution in [0.25, 0.3) is 0 Å². The van der Waals surface area contributed by atoms with E-state index in [1.54, 1.807) is 0 Å². The number of carbonyl (C=O) groups is 1. The molecule has 1 amide bonds. The molecule has 0 heterocycles. The summed E-state index contributed by atoms with van der Waals surface area (Å²) < 4.78 is 0. The fraction of sp³-hybridized carbons (Fsp3) is 0.632. The number of likely N-dealkylation sites (N-methyl/N-ethyl adjacent to an activating group) is 1. The van der Waals surface area contributed by atoms with Gasteiger partial charge in [0, 0.05) is 19.6 Å². The van der Waals surface area contributed by atoms with Crippen LogP contribution in [-0.2, 0) is 11.3 Å². The number of nitrogens with zero attached hydrogens (tertiary/aromatic N) is 1. The molecule has 3 heteroatoms. The van der Waals surface area contributed by atoms with Crippen molar-refractivity contribution in [2.24, 2.45) is 5.92 Å². The molecule has 122 valence electrons. The van der Waals surface area contributed by atoms with E-state index in [0.29, 0.717) is 18.5 Å². The van der Waals surface area contributed by atoms with Crippen LogP contribution in [0.5, 0.6) is 0 Å². The second-order valence-corrected chi connectivity index (χ2v) is 6.88. The smallest absolute Gasteiger partial charge is 0.239 e. The summed E-state index contributed by atoms with van der Waals surface area (Å²) in [6.45, 7) is 7.07. The van der Waals surface area contributed by atoms with Crippen LogP contribution in [-0.4, -0.2) is 29.9 Å². The van der Waals surface area contributed by atoms with Crippen molar-refractivity contribution in [1.29, 1.82) is 0 Å². The zero-order chi connectivity index (χ0) is 16.1. The molecule has 1 aliphatic rings. The maximum Gasteiger partial charge on any atom is 0.239 e. The van der Waals surface area contributed by atoms with Crippen molar-refractivity contribution in [3.05, 3.63) is 35.4 Å². The van der Waals surface area contributed by atoms with Crippen molar-refractivity contribution >= 4 is 5.91 Å². The molecule has 0 bridgehead atoms. The fourth-order valence-corrected chi connectivity index (χ4v) is 3.41. The van der Waals surface area contributed by atoms with Gasteiger partial charge in [0.05, 0.1) is 6.04 Å². The molecule has 1 aliphatic carbocycles. The summed E-state index contributed by atoms with van der Waals surface area (Å²) in [5, 5.41) is 3.56. The SMILES string of the molecule is Cc1ccccc1CN(C)C(=O)C(C)NC1CCCCC1C. The summed E-state index contributed by atoms with van der Waals surface area (Å²) in [6.07, 6.45) is 5.08. The molecular formula is C19H30N2O. The quantitative estimate of drug-likeness (QED) is 0.902. The molecule has 3 atom stereocenters. The Hall–Kier alpha value is -1.35. The van der Waals surface area contributed by atoms with Crippen molar-refractivity contribution in [3.8, 4) is 0 Å². The van der Waals surface area contributed by atoms with Gasteiger partial charge in [0.25, 0.3) is 0 Å². The number of nitrogens with one attached hydrogen (secondary N) is 1. The number of hydrogen-bond donors (Lipinski definition) is 1. The fourth-order valence-electron chi connectivity index (χ4n) is 3.41. The predicted molar refractivity (Wildman–Crippen MR) is 91.7 cm³/mol. The third-order valence-electron chi connectivity index (χ3n) is 4.99. The van der Waals surface area contributed by atoms with E-state index in [2.05, 4.69) is 31.3 Å². The standard InChI is InChI=1S/C19H30N2O/c1-14-9-5-7-11-17(14)13-21(4)19(22)16(3)20-18-12-8-6-10-15(18)2/h5,7,9,11,15-16,18,20H,6,8,10,12-13H2,1-4H3. The monoisotopic (exact) mass is 302 g/mol. The average molecular weight is 302 g/mol. The van der Waals surface area contributed by atoms with Gasteiger partial charge < -0.3 is 10.2 Å². The average Bonchev–Trinajstić information content (AvgIpc) is 2.51.